The molecule has 2 aromatic carbocycles. The van der Waals surface area contributed by atoms with E-state index < -0.39 is 5.54 Å². The number of likely N-dealkylation sites (tertiary alicyclic amines) is 1. The number of amides is 2. The number of benzene rings is 2. The highest BCUT2D eigenvalue weighted by molar-refractivity contribution is 7.09. The van der Waals surface area contributed by atoms with Gasteiger partial charge >= 0.3 is 0 Å². The zero-order valence-electron chi connectivity index (χ0n) is 19.3. The SMILES string of the molecule is O=C1C[C@@](Cc2cnn(Cc3ccccc3)n2)(C(=O)NCc2ccccc2)N1CCc1cccs1.[HH]. The molecule has 1 fully saturated rings. The average molecular weight is 488 g/mol. The molecule has 3 heterocycles. The van der Waals surface area contributed by atoms with Crippen molar-refractivity contribution < 1.29 is 11.0 Å². The van der Waals surface area contributed by atoms with Crippen molar-refractivity contribution in [2.24, 2.45) is 0 Å². The van der Waals surface area contributed by atoms with Crippen LogP contribution >= 0.6 is 11.3 Å². The zero-order chi connectivity index (χ0) is 24.1. The minimum Gasteiger partial charge on any atom is -0.350 e. The van der Waals surface area contributed by atoms with E-state index in [4.69, 9.17) is 0 Å². The maximum atomic E-state index is 13.6. The van der Waals surface area contributed by atoms with Crippen molar-refractivity contribution in [3.05, 3.63) is 106 Å². The van der Waals surface area contributed by atoms with Crippen LogP contribution in [0.4, 0.5) is 0 Å². The number of thiophene rings is 1. The van der Waals surface area contributed by atoms with E-state index in [0.29, 0.717) is 31.7 Å². The highest BCUT2D eigenvalue weighted by Gasteiger charge is 2.56. The minimum atomic E-state index is -0.962. The van der Waals surface area contributed by atoms with Gasteiger partial charge in [-0.1, -0.05) is 66.7 Å². The second-order valence-corrected chi connectivity index (χ2v) is 9.81. The van der Waals surface area contributed by atoms with E-state index in [9.17, 15) is 9.59 Å². The molecule has 1 saturated heterocycles. The van der Waals surface area contributed by atoms with Gasteiger partial charge in [-0.25, -0.2) is 0 Å². The Morgan fingerprint density at radius 2 is 1.77 bits per heavy atom. The number of nitrogens with zero attached hydrogens (tertiary/aromatic N) is 4. The van der Waals surface area contributed by atoms with Crippen LogP contribution in [-0.4, -0.2) is 43.8 Å². The van der Waals surface area contributed by atoms with Gasteiger partial charge in [0.1, 0.15) is 5.54 Å². The first-order valence-electron chi connectivity index (χ1n) is 11.7. The van der Waals surface area contributed by atoms with Crippen molar-refractivity contribution in [2.75, 3.05) is 6.54 Å². The van der Waals surface area contributed by atoms with E-state index >= 15 is 0 Å². The maximum Gasteiger partial charge on any atom is 0.247 e. The van der Waals surface area contributed by atoms with Gasteiger partial charge in [0, 0.05) is 25.8 Å². The summed E-state index contributed by atoms with van der Waals surface area (Å²) in [5, 5.41) is 14.1. The lowest BCUT2D eigenvalue weighted by atomic mass is 9.78. The Bertz CT molecular complexity index is 1280. The lowest BCUT2D eigenvalue weighted by Crippen LogP contribution is -2.71. The van der Waals surface area contributed by atoms with E-state index in [2.05, 4.69) is 21.6 Å². The smallest absolute Gasteiger partial charge is 0.247 e. The van der Waals surface area contributed by atoms with Crippen molar-refractivity contribution in [3.63, 3.8) is 0 Å². The van der Waals surface area contributed by atoms with Crippen molar-refractivity contribution in [2.45, 2.75) is 37.9 Å². The maximum absolute atomic E-state index is 13.6. The summed E-state index contributed by atoms with van der Waals surface area (Å²) in [5.41, 5.74) is 1.85. The third kappa shape index (κ3) is 5.17. The van der Waals surface area contributed by atoms with E-state index in [1.165, 1.54) is 4.88 Å². The molecule has 2 aromatic heterocycles. The van der Waals surface area contributed by atoms with Crippen LogP contribution in [0.3, 0.4) is 0 Å². The van der Waals surface area contributed by atoms with Crippen molar-refractivity contribution in [1.82, 2.24) is 25.2 Å². The second-order valence-electron chi connectivity index (χ2n) is 8.78. The molecule has 1 aliphatic heterocycles. The molecule has 35 heavy (non-hydrogen) atoms. The summed E-state index contributed by atoms with van der Waals surface area (Å²) in [6.45, 7) is 1.46. The molecule has 0 bridgehead atoms. The van der Waals surface area contributed by atoms with Gasteiger partial charge in [0.2, 0.25) is 11.8 Å². The van der Waals surface area contributed by atoms with Gasteiger partial charge in [0.25, 0.3) is 0 Å². The second kappa shape index (κ2) is 10.2. The van der Waals surface area contributed by atoms with Gasteiger partial charge in [-0.2, -0.15) is 15.0 Å². The summed E-state index contributed by atoms with van der Waals surface area (Å²) in [6, 6.07) is 23.8. The monoisotopic (exact) mass is 487 g/mol. The van der Waals surface area contributed by atoms with Gasteiger partial charge < -0.3 is 10.2 Å². The molecular weight excluding hydrogens is 458 g/mol. The molecule has 0 radical (unpaired) electrons. The summed E-state index contributed by atoms with van der Waals surface area (Å²) < 4.78 is 0. The number of aromatic nitrogens is 3. The molecule has 5 rings (SSSR count). The van der Waals surface area contributed by atoms with E-state index in [1.54, 1.807) is 27.2 Å². The topological polar surface area (TPSA) is 80.1 Å². The summed E-state index contributed by atoms with van der Waals surface area (Å²) in [6.07, 6.45) is 2.93. The van der Waals surface area contributed by atoms with Crippen LogP contribution in [0.25, 0.3) is 0 Å². The highest BCUT2D eigenvalue weighted by atomic mass is 32.1. The van der Waals surface area contributed by atoms with Crippen LogP contribution in [0.2, 0.25) is 0 Å². The van der Waals surface area contributed by atoms with E-state index in [-0.39, 0.29) is 19.7 Å². The third-order valence-electron chi connectivity index (χ3n) is 6.37. The number of carbonyl (C=O) groups is 2. The highest BCUT2D eigenvalue weighted by Crippen LogP contribution is 2.36. The fourth-order valence-corrected chi connectivity index (χ4v) is 5.22. The summed E-state index contributed by atoms with van der Waals surface area (Å²) in [5.74, 6) is -0.155. The first kappa shape index (κ1) is 23.0. The molecule has 7 nitrogen and oxygen atoms in total. The van der Waals surface area contributed by atoms with Crippen molar-refractivity contribution in [1.29, 1.82) is 0 Å². The van der Waals surface area contributed by atoms with Gasteiger partial charge in [-0.05, 0) is 29.0 Å². The number of hydrogen-bond acceptors (Lipinski definition) is 5. The predicted octanol–water partition coefficient (Wildman–Crippen LogP) is 3.71. The number of rotatable bonds is 10. The van der Waals surface area contributed by atoms with Gasteiger partial charge in [0.05, 0.1) is 24.9 Å². The molecule has 4 aromatic rings. The molecule has 8 heteroatoms. The lowest BCUT2D eigenvalue weighted by molar-refractivity contribution is -0.166. The Labute approximate surface area is 209 Å². The first-order chi connectivity index (χ1) is 17.1. The normalized spacial score (nSPS) is 17.3. The van der Waals surface area contributed by atoms with Crippen LogP contribution in [0, 0.1) is 0 Å². The van der Waals surface area contributed by atoms with Crippen LogP contribution in [0.5, 0.6) is 0 Å². The molecule has 0 unspecified atom stereocenters. The summed E-state index contributed by atoms with van der Waals surface area (Å²) >= 11 is 1.66. The Kier molecular flexibility index (Phi) is 6.72. The van der Waals surface area contributed by atoms with E-state index in [0.717, 1.165) is 17.5 Å². The van der Waals surface area contributed by atoms with Gasteiger partial charge in [-0.3, -0.25) is 9.59 Å². The molecule has 0 aliphatic carbocycles. The number of hydrogen-bond donors (Lipinski definition) is 1. The van der Waals surface area contributed by atoms with Crippen molar-refractivity contribution >= 4 is 23.2 Å². The first-order valence-corrected chi connectivity index (χ1v) is 12.6. The number of β-lactam (4-membered cyclic amide) rings is 1. The fourth-order valence-electron chi connectivity index (χ4n) is 4.52. The molecule has 180 valence electrons. The third-order valence-corrected chi connectivity index (χ3v) is 7.30. The van der Waals surface area contributed by atoms with Crippen LogP contribution in [0.1, 0.15) is 29.5 Å². The molecule has 0 spiro atoms. The Hall–Kier alpha value is -3.78. The standard InChI is InChI=1S/C27H27N5O2S.H2/c33-25-17-27(31(25)14-13-24-12-7-15-35-24,26(34)28-18-21-8-3-1-4-9-21)16-23-19-29-32(30-23)20-22-10-5-2-6-11-22;/h1-12,15,19H,13-14,16-18,20H2,(H,28,34);1H/t27-;/m0./s1. The van der Waals surface area contributed by atoms with Crippen molar-refractivity contribution in [3.8, 4) is 0 Å². The van der Waals surface area contributed by atoms with E-state index in [1.807, 2.05) is 72.1 Å². The molecule has 0 saturated carbocycles. The molecule has 1 aliphatic rings. The molecule has 1 N–H and O–H groups in total. The van der Waals surface area contributed by atoms with Crippen LogP contribution < -0.4 is 5.32 Å². The zero-order valence-corrected chi connectivity index (χ0v) is 20.2. The van der Waals surface area contributed by atoms with Gasteiger partial charge in [-0.15, -0.1) is 11.3 Å². The predicted molar refractivity (Wildman–Crippen MR) is 137 cm³/mol. The van der Waals surface area contributed by atoms with Crippen LogP contribution in [-0.2, 0) is 35.5 Å². The largest absolute Gasteiger partial charge is 0.350 e. The Morgan fingerprint density at radius 1 is 1.03 bits per heavy atom. The number of carbonyl (C=O) groups excluding carboxylic acids is 2. The minimum absolute atomic E-state index is 0. The fraction of sp³-hybridized carbons (Fsp3) is 0.259. The van der Waals surface area contributed by atoms with Gasteiger partial charge in [0.15, 0.2) is 0 Å². The van der Waals surface area contributed by atoms with Crippen LogP contribution in [0.15, 0.2) is 84.4 Å². The Morgan fingerprint density at radius 3 is 2.46 bits per heavy atom. The number of nitrogens with one attached hydrogen (secondary N) is 1. The summed E-state index contributed by atoms with van der Waals surface area (Å²) in [4.78, 5) is 30.9. The molecular formula is C27H29N5O2S. The lowest BCUT2D eigenvalue weighted by Gasteiger charge is -2.50. The molecule has 2 amide bonds. The quantitative estimate of drug-likeness (QED) is 0.346. The Balaban J connectivity index is 0.00000304. The summed E-state index contributed by atoms with van der Waals surface area (Å²) in [7, 11) is 0. The molecule has 1 atom stereocenters. The average Bonchev–Trinajstić information content (AvgIpc) is 3.55.